The molecule has 3 aromatic rings. The Labute approximate surface area is 145 Å². The molecule has 0 radical (unpaired) electrons. The highest BCUT2D eigenvalue weighted by molar-refractivity contribution is 6.31. The van der Waals surface area contributed by atoms with Crippen LogP contribution in [0.15, 0.2) is 65.3 Å². The Morgan fingerprint density at radius 2 is 1.79 bits per heavy atom. The number of aryl methyl sites for hydroxylation is 2. The minimum atomic E-state index is -0.186. The quantitative estimate of drug-likeness (QED) is 0.736. The van der Waals surface area contributed by atoms with E-state index in [0.717, 1.165) is 11.1 Å². The molecule has 0 aliphatic carbocycles. The maximum absolute atomic E-state index is 12.3. The fourth-order valence-electron chi connectivity index (χ4n) is 2.45. The molecule has 0 unspecified atom stereocenters. The molecular weight excluding hydrogens is 324 g/mol. The van der Waals surface area contributed by atoms with Crippen molar-refractivity contribution < 1.29 is 9.32 Å². The number of hydrogen-bond acceptors (Lipinski definition) is 3. The maximum atomic E-state index is 12.3. The fraction of sp³-hybridized carbons (Fsp3) is 0.158. The van der Waals surface area contributed by atoms with Crippen LogP contribution in [-0.2, 0) is 19.4 Å². The molecule has 1 N–H and O–H groups in total. The van der Waals surface area contributed by atoms with Gasteiger partial charge in [-0.3, -0.25) is 4.79 Å². The molecule has 0 fully saturated rings. The SMILES string of the molecule is O=C(NCc1ccccc1)c1cnoc1CCc1ccccc1Cl. The van der Waals surface area contributed by atoms with Gasteiger partial charge in [0.1, 0.15) is 11.3 Å². The van der Waals surface area contributed by atoms with Gasteiger partial charge >= 0.3 is 0 Å². The van der Waals surface area contributed by atoms with Crippen LogP contribution in [0.1, 0.15) is 27.2 Å². The zero-order valence-corrected chi connectivity index (χ0v) is 13.8. The van der Waals surface area contributed by atoms with E-state index in [4.69, 9.17) is 16.1 Å². The number of halogens is 1. The van der Waals surface area contributed by atoms with Gasteiger partial charge in [0.15, 0.2) is 0 Å². The van der Waals surface area contributed by atoms with E-state index in [1.807, 2.05) is 54.6 Å². The summed E-state index contributed by atoms with van der Waals surface area (Å²) in [7, 11) is 0. The van der Waals surface area contributed by atoms with Gasteiger partial charge in [0.25, 0.3) is 5.91 Å². The number of benzene rings is 2. The van der Waals surface area contributed by atoms with Gasteiger partial charge in [-0.2, -0.15) is 0 Å². The highest BCUT2D eigenvalue weighted by atomic mass is 35.5. The minimum absolute atomic E-state index is 0.186. The second-order valence-corrected chi connectivity index (χ2v) is 5.83. The predicted octanol–water partition coefficient (Wildman–Crippen LogP) is 4.04. The Bertz CT molecular complexity index is 815. The van der Waals surface area contributed by atoms with E-state index in [-0.39, 0.29) is 5.91 Å². The number of carbonyl (C=O) groups excluding carboxylic acids is 1. The normalized spacial score (nSPS) is 10.5. The molecule has 0 saturated carbocycles. The first-order valence-electron chi connectivity index (χ1n) is 7.73. The number of rotatable bonds is 6. The van der Waals surface area contributed by atoms with Gasteiger partial charge in [-0.15, -0.1) is 0 Å². The second-order valence-electron chi connectivity index (χ2n) is 5.42. The van der Waals surface area contributed by atoms with E-state index in [1.54, 1.807) is 0 Å². The molecule has 0 bridgehead atoms. The Hall–Kier alpha value is -2.59. The molecule has 1 aromatic heterocycles. The molecule has 5 heteroatoms. The number of nitrogens with one attached hydrogen (secondary N) is 1. The van der Waals surface area contributed by atoms with E-state index in [9.17, 15) is 4.79 Å². The van der Waals surface area contributed by atoms with Gasteiger partial charge in [-0.05, 0) is 23.6 Å². The number of carbonyl (C=O) groups is 1. The zero-order valence-electron chi connectivity index (χ0n) is 13.0. The molecule has 1 heterocycles. The largest absolute Gasteiger partial charge is 0.361 e. The Morgan fingerprint density at radius 3 is 2.58 bits per heavy atom. The minimum Gasteiger partial charge on any atom is -0.361 e. The standard InChI is InChI=1S/C19H17ClN2O2/c20-17-9-5-4-8-15(17)10-11-18-16(13-22-24-18)19(23)21-12-14-6-2-1-3-7-14/h1-9,13H,10-12H2,(H,21,23). The summed E-state index contributed by atoms with van der Waals surface area (Å²) in [6, 6.07) is 17.4. The molecule has 3 rings (SSSR count). The van der Waals surface area contributed by atoms with Crippen LogP contribution in [-0.4, -0.2) is 11.1 Å². The average molecular weight is 341 g/mol. The Balaban J connectivity index is 1.62. The van der Waals surface area contributed by atoms with Crippen LogP contribution < -0.4 is 5.32 Å². The van der Waals surface area contributed by atoms with E-state index in [1.165, 1.54) is 6.20 Å². The third-order valence-corrected chi connectivity index (χ3v) is 4.13. The van der Waals surface area contributed by atoms with Crippen LogP contribution in [0.2, 0.25) is 5.02 Å². The molecule has 0 atom stereocenters. The Morgan fingerprint density at radius 1 is 1.04 bits per heavy atom. The summed E-state index contributed by atoms with van der Waals surface area (Å²) in [6.07, 6.45) is 2.72. The highest BCUT2D eigenvalue weighted by Gasteiger charge is 2.16. The zero-order chi connectivity index (χ0) is 16.8. The number of hydrogen-bond donors (Lipinski definition) is 1. The van der Waals surface area contributed by atoms with Gasteiger partial charge < -0.3 is 9.84 Å². The van der Waals surface area contributed by atoms with Crippen molar-refractivity contribution in [2.45, 2.75) is 19.4 Å². The Kier molecular flexibility index (Phi) is 5.29. The summed E-state index contributed by atoms with van der Waals surface area (Å²) in [5, 5.41) is 7.37. The molecule has 4 nitrogen and oxygen atoms in total. The molecule has 0 aliphatic rings. The lowest BCUT2D eigenvalue weighted by atomic mass is 10.1. The van der Waals surface area contributed by atoms with Crippen molar-refractivity contribution in [2.24, 2.45) is 0 Å². The first-order chi connectivity index (χ1) is 11.7. The third-order valence-electron chi connectivity index (χ3n) is 3.76. The summed E-state index contributed by atoms with van der Waals surface area (Å²) in [5.41, 5.74) is 2.53. The molecule has 0 aliphatic heterocycles. The maximum Gasteiger partial charge on any atom is 0.256 e. The van der Waals surface area contributed by atoms with Crippen molar-refractivity contribution in [2.75, 3.05) is 0 Å². The summed E-state index contributed by atoms with van der Waals surface area (Å²) < 4.78 is 5.25. The fourth-order valence-corrected chi connectivity index (χ4v) is 2.68. The van der Waals surface area contributed by atoms with Gasteiger partial charge in [0, 0.05) is 18.0 Å². The summed E-state index contributed by atoms with van der Waals surface area (Å²) in [6.45, 7) is 0.467. The number of nitrogens with zero attached hydrogens (tertiary/aromatic N) is 1. The summed E-state index contributed by atoms with van der Waals surface area (Å²) in [5.74, 6) is 0.384. The van der Waals surface area contributed by atoms with Gasteiger partial charge in [0.2, 0.25) is 0 Å². The van der Waals surface area contributed by atoms with E-state index in [2.05, 4.69) is 10.5 Å². The number of aromatic nitrogens is 1. The lowest BCUT2D eigenvalue weighted by Gasteiger charge is -2.06. The van der Waals surface area contributed by atoms with Gasteiger partial charge in [-0.25, -0.2) is 0 Å². The van der Waals surface area contributed by atoms with Crippen LogP contribution in [0.5, 0.6) is 0 Å². The predicted molar refractivity (Wildman–Crippen MR) is 93.0 cm³/mol. The van der Waals surface area contributed by atoms with Crippen LogP contribution in [0.25, 0.3) is 0 Å². The van der Waals surface area contributed by atoms with Crippen LogP contribution in [0.3, 0.4) is 0 Å². The third kappa shape index (κ3) is 4.03. The molecular formula is C19H17ClN2O2. The molecule has 122 valence electrons. The summed E-state index contributed by atoms with van der Waals surface area (Å²) in [4.78, 5) is 12.3. The monoisotopic (exact) mass is 340 g/mol. The van der Waals surface area contributed by atoms with E-state index in [0.29, 0.717) is 35.7 Å². The van der Waals surface area contributed by atoms with Crippen molar-refractivity contribution in [3.63, 3.8) is 0 Å². The van der Waals surface area contributed by atoms with Crippen LogP contribution >= 0.6 is 11.6 Å². The van der Waals surface area contributed by atoms with E-state index < -0.39 is 0 Å². The van der Waals surface area contributed by atoms with Crippen molar-refractivity contribution in [3.05, 3.63) is 88.3 Å². The molecule has 0 spiro atoms. The first-order valence-corrected chi connectivity index (χ1v) is 8.11. The lowest BCUT2D eigenvalue weighted by molar-refractivity contribution is 0.0949. The van der Waals surface area contributed by atoms with Crippen molar-refractivity contribution >= 4 is 17.5 Å². The summed E-state index contributed by atoms with van der Waals surface area (Å²) >= 11 is 6.16. The molecule has 24 heavy (non-hydrogen) atoms. The van der Waals surface area contributed by atoms with Crippen LogP contribution in [0, 0.1) is 0 Å². The van der Waals surface area contributed by atoms with Crippen molar-refractivity contribution in [1.29, 1.82) is 0 Å². The first kappa shape index (κ1) is 16.3. The van der Waals surface area contributed by atoms with Crippen molar-refractivity contribution in [3.8, 4) is 0 Å². The lowest BCUT2D eigenvalue weighted by Crippen LogP contribution is -2.23. The van der Waals surface area contributed by atoms with Gasteiger partial charge in [-0.1, -0.05) is 65.3 Å². The molecule has 0 saturated heterocycles. The highest BCUT2D eigenvalue weighted by Crippen LogP contribution is 2.18. The average Bonchev–Trinajstić information content (AvgIpc) is 3.08. The number of amides is 1. The van der Waals surface area contributed by atoms with Gasteiger partial charge in [0.05, 0.1) is 6.20 Å². The van der Waals surface area contributed by atoms with E-state index >= 15 is 0 Å². The topological polar surface area (TPSA) is 55.1 Å². The van der Waals surface area contributed by atoms with Crippen molar-refractivity contribution in [1.82, 2.24) is 10.5 Å². The smallest absolute Gasteiger partial charge is 0.256 e. The second kappa shape index (κ2) is 7.79. The van der Waals surface area contributed by atoms with Crippen LogP contribution in [0.4, 0.5) is 0 Å². The molecule has 2 aromatic carbocycles. The molecule has 1 amide bonds.